The predicted octanol–water partition coefficient (Wildman–Crippen LogP) is 2.26. The minimum absolute atomic E-state index is 0.113. The lowest BCUT2D eigenvalue weighted by molar-refractivity contribution is 0.0695. The number of carboxylic acids is 1. The zero-order chi connectivity index (χ0) is 13.7. The van der Waals surface area contributed by atoms with Gasteiger partial charge in [0.25, 0.3) is 0 Å². The number of carboxylic acid groups (broad SMARTS) is 1. The van der Waals surface area contributed by atoms with Crippen molar-refractivity contribution in [2.75, 3.05) is 0 Å². The molecule has 2 heterocycles. The van der Waals surface area contributed by atoms with E-state index in [2.05, 4.69) is 0 Å². The molecule has 2 aromatic rings. The molecule has 0 unspecified atom stereocenters. The largest absolute Gasteiger partial charge is 0.477 e. The molecule has 19 heavy (non-hydrogen) atoms. The molecule has 0 spiro atoms. The van der Waals surface area contributed by atoms with E-state index in [1.54, 1.807) is 4.57 Å². The minimum atomic E-state index is -1.31. The maximum Gasteiger partial charge on any atom is 0.341 e. The van der Waals surface area contributed by atoms with Gasteiger partial charge in [0.15, 0.2) is 0 Å². The van der Waals surface area contributed by atoms with Crippen molar-refractivity contribution >= 4 is 22.6 Å². The van der Waals surface area contributed by atoms with Gasteiger partial charge in [-0.2, -0.15) is 0 Å². The molecule has 1 N–H and O–H groups in total. The van der Waals surface area contributed by atoms with Crippen LogP contribution in [-0.4, -0.2) is 15.6 Å². The zero-order valence-corrected chi connectivity index (χ0v) is 10.1. The van der Waals surface area contributed by atoms with Gasteiger partial charge in [-0.3, -0.25) is 4.79 Å². The molecule has 1 aromatic heterocycles. The number of nitrogens with zero attached hydrogens (tertiary/aromatic N) is 1. The molecule has 0 fully saturated rings. The van der Waals surface area contributed by atoms with E-state index in [1.165, 1.54) is 12.3 Å². The van der Waals surface area contributed by atoms with Gasteiger partial charge in [0.05, 0.1) is 10.9 Å². The van der Waals surface area contributed by atoms with Crippen LogP contribution in [0.15, 0.2) is 29.2 Å². The Labute approximate surface area is 107 Å². The fraction of sp³-hybridized carbons (Fsp3) is 0.143. The second kappa shape index (κ2) is 3.78. The molecule has 0 atom stereocenters. The van der Waals surface area contributed by atoms with Crippen molar-refractivity contribution in [3.63, 3.8) is 0 Å². The summed E-state index contributed by atoms with van der Waals surface area (Å²) in [5, 5.41) is 9.17. The number of halogens is 1. The van der Waals surface area contributed by atoms with Crippen LogP contribution >= 0.6 is 0 Å². The molecule has 5 heteroatoms. The Hall–Kier alpha value is -2.43. The Morgan fingerprint density at radius 3 is 2.84 bits per heavy atom. The number of allylic oxidation sites excluding steroid dienone is 2. The lowest BCUT2D eigenvalue weighted by atomic mass is 10.0. The minimum Gasteiger partial charge on any atom is -0.477 e. The maximum atomic E-state index is 13.5. The molecule has 0 saturated carbocycles. The van der Waals surface area contributed by atoms with Crippen molar-refractivity contribution < 1.29 is 14.3 Å². The molecule has 0 amide bonds. The molecular formula is C14H10FNO3. The average molecular weight is 259 g/mol. The highest BCUT2D eigenvalue weighted by atomic mass is 19.1. The summed E-state index contributed by atoms with van der Waals surface area (Å²) < 4.78 is 15.2. The van der Waals surface area contributed by atoms with Crippen LogP contribution < -0.4 is 5.43 Å². The third-order valence-electron chi connectivity index (χ3n) is 3.37. The first-order chi connectivity index (χ1) is 8.99. The van der Waals surface area contributed by atoms with Crippen molar-refractivity contribution in [2.24, 2.45) is 0 Å². The molecule has 4 nitrogen and oxygen atoms in total. The third kappa shape index (κ3) is 1.58. The maximum absolute atomic E-state index is 13.5. The van der Waals surface area contributed by atoms with Crippen LogP contribution in [0.3, 0.4) is 0 Å². The number of aromatic carboxylic acids is 1. The SMILES string of the molecule is CC1=CCc2cc(F)cc3c(=O)c(C(=O)O)cn1c23. The van der Waals surface area contributed by atoms with Gasteiger partial charge in [-0.15, -0.1) is 0 Å². The number of pyridine rings is 1. The van der Waals surface area contributed by atoms with Crippen LogP contribution in [0.2, 0.25) is 0 Å². The fourth-order valence-electron chi connectivity index (χ4n) is 2.45. The van der Waals surface area contributed by atoms with Gasteiger partial charge in [0.1, 0.15) is 11.4 Å². The van der Waals surface area contributed by atoms with Crippen LogP contribution in [0.1, 0.15) is 22.8 Å². The van der Waals surface area contributed by atoms with E-state index in [0.717, 1.165) is 11.8 Å². The summed E-state index contributed by atoms with van der Waals surface area (Å²) in [6.45, 7) is 1.82. The number of hydrogen-bond acceptors (Lipinski definition) is 2. The molecule has 1 aliphatic heterocycles. The molecule has 3 rings (SSSR count). The summed E-state index contributed by atoms with van der Waals surface area (Å²) in [5.41, 5.74) is 1.12. The molecule has 96 valence electrons. The smallest absolute Gasteiger partial charge is 0.341 e. The molecule has 0 radical (unpaired) electrons. The second-order valence-electron chi connectivity index (χ2n) is 4.56. The van der Waals surface area contributed by atoms with Gasteiger partial charge < -0.3 is 9.67 Å². The highest BCUT2D eigenvalue weighted by Crippen LogP contribution is 2.26. The van der Waals surface area contributed by atoms with E-state index in [-0.39, 0.29) is 10.9 Å². The molecule has 0 saturated heterocycles. The first-order valence-corrected chi connectivity index (χ1v) is 5.77. The average Bonchev–Trinajstić information content (AvgIpc) is 2.35. The number of hydrogen-bond donors (Lipinski definition) is 1. The van der Waals surface area contributed by atoms with Crippen molar-refractivity contribution in [3.05, 3.63) is 51.6 Å². The summed E-state index contributed by atoms with van der Waals surface area (Å²) >= 11 is 0. The standard InChI is InChI=1S/C14H10FNO3/c1-7-2-3-8-4-9(15)5-10-12(8)16(7)6-11(13(10)17)14(18)19/h2,4-6H,3H2,1H3,(H,18,19). The first-order valence-electron chi connectivity index (χ1n) is 5.77. The molecular weight excluding hydrogens is 249 g/mol. The second-order valence-corrected chi connectivity index (χ2v) is 4.56. The van der Waals surface area contributed by atoms with E-state index < -0.39 is 17.2 Å². The van der Waals surface area contributed by atoms with E-state index in [1.807, 2.05) is 13.0 Å². The number of carbonyl (C=O) groups is 1. The number of aromatic nitrogens is 1. The normalized spacial score (nSPS) is 13.5. The van der Waals surface area contributed by atoms with Crippen LogP contribution in [-0.2, 0) is 6.42 Å². The Morgan fingerprint density at radius 2 is 2.16 bits per heavy atom. The van der Waals surface area contributed by atoms with Crippen LogP contribution in [0.4, 0.5) is 4.39 Å². The summed E-state index contributed by atoms with van der Waals surface area (Å²) in [4.78, 5) is 23.2. The summed E-state index contributed by atoms with van der Waals surface area (Å²) in [6, 6.07) is 2.48. The van der Waals surface area contributed by atoms with Gasteiger partial charge in [-0.1, -0.05) is 6.08 Å². The van der Waals surface area contributed by atoms with E-state index in [9.17, 15) is 14.0 Å². The Bertz CT molecular complexity index is 818. The Morgan fingerprint density at radius 1 is 1.42 bits per heavy atom. The summed E-state index contributed by atoms with van der Waals surface area (Å²) in [5.74, 6) is -1.83. The third-order valence-corrected chi connectivity index (χ3v) is 3.37. The van der Waals surface area contributed by atoms with E-state index in [0.29, 0.717) is 17.5 Å². The van der Waals surface area contributed by atoms with Crippen molar-refractivity contribution in [1.82, 2.24) is 4.57 Å². The topological polar surface area (TPSA) is 59.3 Å². The van der Waals surface area contributed by atoms with Crippen LogP contribution in [0.25, 0.3) is 16.6 Å². The lowest BCUT2D eigenvalue weighted by Gasteiger charge is -2.19. The molecule has 1 aliphatic rings. The van der Waals surface area contributed by atoms with Crippen molar-refractivity contribution in [2.45, 2.75) is 13.3 Å². The van der Waals surface area contributed by atoms with Gasteiger partial charge in [0, 0.05) is 11.9 Å². The van der Waals surface area contributed by atoms with Gasteiger partial charge in [-0.25, -0.2) is 9.18 Å². The quantitative estimate of drug-likeness (QED) is 0.854. The first kappa shape index (κ1) is 11.6. The van der Waals surface area contributed by atoms with Gasteiger partial charge in [-0.05, 0) is 31.0 Å². The predicted molar refractivity (Wildman–Crippen MR) is 68.8 cm³/mol. The summed E-state index contributed by atoms with van der Waals surface area (Å²) in [7, 11) is 0. The molecule has 0 bridgehead atoms. The van der Waals surface area contributed by atoms with E-state index >= 15 is 0 Å². The fourth-order valence-corrected chi connectivity index (χ4v) is 2.45. The number of benzene rings is 1. The lowest BCUT2D eigenvalue weighted by Crippen LogP contribution is -2.20. The molecule has 1 aromatic carbocycles. The number of rotatable bonds is 1. The van der Waals surface area contributed by atoms with Crippen LogP contribution in [0.5, 0.6) is 0 Å². The monoisotopic (exact) mass is 259 g/mol. The Balaban J connectivity index is 2.57. The highest BCUT2D eigenvalue weighted by Gasteiger charge is 2.20. The molecule has 0 aliphatic carbocycles. The van der Waals surface area contributed by atoms with Crippen molar-refractivity contribution in [3.8, 4) is 0 Å². The van der Waals surface area contributed by atoms with Crippen LogP contribution in [0, 0.1) is 5.82 Å². The van der Waals surface area contributed by atoms with Gasteiger partial charge in [0.2, 0.25) is 5.43 Å². The van der Waals surface area contributed by atoms with E-state index in [4.69, 9.17) is 5.11 Å². The Kier molecular flexibility index (Phi) is 2.32. The van der Waals surface area contributed by atoms with Gasteiger partial charge >= 0.3 is 5.97 Å². The van der Waals surface area contributed by atoms with Crippen molar-refractivity contribution in [1.29, 1.82) is 0 Å². The zero-order valence-electron chi connectivity index (χ0n) is 10.1. The summed E-state index contributed by atoms with van der Waals surface area (Å²) in [6.07, 6.45) is 3.71. The highest BCUT2D eigenvalue weighted by molar-refractivity contribution is 5.95.